The highest BCUT2D eigenvalue weighted by atomic mass is 79.9. The Hall–Kier alpha value is -1.76. The molecule has 5 nitrogen and oxygen atoms in total. The van der Waals surface area contributed by atoms with Gasteiger partial charge < -0.3 is 15.0 Å². The van der Waals surface area contributed by atoms with Crippen LogP contribution in [0.1, 0.15) is 31.4 Å². The van der Waals surface area contributed by atoms with E-state index >= 15 is 0 Å². The number of carbonyl (C=O) groups is 2. The SMILES string of the molecule is CCc1ccc(OCC(=O)N(Cc2ccc(Cl)c(Cl)c2)[C@H](CC)C(=O)NC)c(Br)c1. The van der Waals surface area contributed by atoms with E-state index in [-0.39, 0.29) is 25.0 Å². The van der Waals surface area contributed by atoms with Crippen molar-refractivity contribution in [3.05, 3.63) is 62.0 Å². The van der Waals surface area contributed by atoms with Crippen LogP contribution in [-0.4, -0.2) is 36.4 Å². The molecule has 2 aromatic rings. The van der Waals surface area contributed by atoms with Gasteiger partial charge in [0.1, 0.15) is 11.8 Å². The molecule has 0 fully saturated rings. The van der Waals surface area contributed by atoms with Crippen LogP contribution < -0.4 is 10.1 Å². The van der Waals surface area contributed by atoms with Crippen LogP contribution in [0.4, 0.5) is 0 Å². The normalized spacial score (nSPS) is 11.7. The Morgan fingerprint density at radius 3 is 2.37 bits per heavy atom. The summed E-state index contributed by atoms with van der Waals surface area (Å²) in [5.74, 6) is 0.0328. The molecular weight excluding hydrogens is 491 g/mol. The lowest BCUT2D eigenvalue weighted by molar-refractivity contribution is -0.142. The number of amides is 2. The summed E-state index contributed by atoms with van der Waals surface area (Å²) in [5, 5.41) is 3.45. The topological polar surface area (TPSA) is 58.6 Å². The molecule has 0 heterocycles. The van der Waals surface area contributed by atoms with Crippen molar-refractivity contribution in [1.29, 1.82) is 0 Å². The van der Waals surface area contributed by atoms with Gasteiger partial charge in [-0.2, -0.15) is 0 Å². The summed E-state index contributed by atoms with van der Waals surface area (Å²) in [6, 6.07) is 10.3. The van der Waals surface area contributed by atoms with Crippen molar-refractivity contribution < 1.29 is 14.3 Å². The van der Waals surface area contributed by atoms with Crippen LogP contribution in [0.2, 0.25) is 10.0 Å². The smallest absolute Gasteiger partial charge is 0.261 e. The van der Waals surface area contributed by atoms with Crippen molar-refractivity contribution in [2.45, 2.75) is 39.3 Å². The van der Waals surface area contributed by atoms with Gasteiger partial charge in [0.25, 0.3) is 5.91 Å². The zero-order valence-electron chi connectivity index (χ0n) is 17.2. The van der Waals surface area contributed by atoms with Gasteiger partial charge in [0, 0.05) is 13.6 Å². The first-order chi connectivity index (χ1) is 14.3. The lowest BCUT2D eigenvalue weighted by Crippen LogP contribution is -2.49. The monoisotopic (exact) mass is 514 g/mol. The molecule has 0 bridgehead atoms. The first kappa shape index (κ1) is 24.5. The molecule has 30 heavy (non-hydrogen) atoms. The quantitative estimate of drug-likeness (QED) is 0.496. The third-order valence-corrected chi connectivity index (χ3v) is 6.08. The summed E-state index contributed by atoms with van der Waals surface area (Å²) < 4.78 is 6.53. The van der Waals surface area contributed by atoms with Crippen molar-refractivity contribution in [2.24, 2.45) is 0 Å². The second kappa shape index (κ2) is 11.6. The standard InChI is InChI=1S/C22H25BrCl2N2O3/c1-4-14-7-9-20(16(23)10-14)30-13-21(28)27(19(5-2)22(29)26-3)12-15-6-8-17(24)18(25)11-15/h6-11,19H,4-5,12-13H2,1-3H3,(H,26,29)/t19-/m1/s1. The van der Waals surface area contributed by atoms with Crippen LogP contribution in [0.5, 0.6) is 5.75 Å². The van der Waals surface area contributed by atoms with Gasteiger partial charge in [-0.1, -0.05) is 49.2 Å². The Morgan fingerprint density at radius 2 is 1.80 bits per heavy atom. The first-order valence-electron chi connectivity index (χ1n) is 9.66. The van der Waals surface area contributed by atoms with E-state index in [1.807, 2.05) is 25.1 Å². The van der Waals surface area contributed by atoms with Gasteiger partial charge in [-0.15, -0.1) is 0 Å². The molecule has 0 saturated heterocycles. The summed E-state index contributed by atoms with van der Waals surface area (Å²) in [5.41, 5.74) is 1.93. The van der Waals surface area contributed by atoms with Gasteiger partial charge in [0.15, 0.2) is 6.61 Å². The van der Waals surface area contributed by atoms with Crippen LogP contribution in [0.3, 0.4) is 0 Å². The van der Waals surface area contributed by atoms with Crippen LogP contribution in [0.25, 0.3) is 0 Å². The number of nitrogens with zero attached hydrogens (tertiary/aromatic N) is 1. The van der Waals surface area contributed by atoms with Gasteiger partial charge in [0.05, 0.1) is 14.5 Å². The minimum atomic E-state index is -0.633. The van der Waals surface area contributed by atoms with E-state index in [4.69, 9.17) is 27.9 Å². The third kappa shape index (κ3) is 6.37. The average molecular weight is 516 g/mol. The molecule has 0 saturated carbocycles. The van der Waals surface area contributed by atoms with E-state index in [0.29, 0.717) is 22.2 Å². The Balaban J connectivity index is 2.22. The molecule has 0 spiro atoms. The van der Waals surface area contributed by atoms with E-state index in [1.165, 1.54) is 4.90 Å². The molecule has 0 aliphatic heterocycles. The maximum atomic E-state index is 13.1. The molecular formula is C22H25BrCl2N2O3. The lowest BCUT2D eigenvalue weighted by Gasteiger charge is -2.30. The Morgan fingerprint density at radius 1 is 1.10 bits per heavy atom. The van der Waals surface area contributed by atoms with Crippen LogP contribution in [-0.2, 0) is 22.6 Å². The van der Waals surface area contributed by atoms with Gasteiger partial charge >= 0.3 is 0 Å². The van der Waals surface area contributed by atoms with E-state index in [9.17, 15) is 9.59 Å². The maximum absolute atomic E-state index is 13.1. The number of aryl methyl sites for hydroxylation is 1. The summed E-state index contributed by atoms with van der Waals surface area (Å²) in [7, 11) is 1.55. The number of nitrogens with one attached hydrogen (secondary N) is 1. The van der Waals surface area contributed by atoms with Gasteiger partial charge in [-0.25, -0.2) is 0 Å². The molecule has 0 aliphatic rings. The molecule has 0 radical (unpaired) electrons. The maximum Gasteiger partial charge on any atom is 0.261 e. The fourth-order valence-corrected chi connectivity index (χ4v) is 3.89. The van der Waals surface area contributed by atoms with E-state index in [2.05, 4.69) is 28.2 Å². The van der Waals surface area contributed by atoms with E-state index in [0.717, 1.165) is 22.0 Å². The fraction of sp³-hybridized carbons (Fsp3) is 0.364. The molecule has 2 rings (SSSR count). The highest BCUT2D eigenvalue weighted by Gasteiger charge is 2.28. The van der Waals surface area contributed by atoms with Crippen molar-refractivity contribution >= 4 is 50.9 Å². The number of carbonyl (C=O) groups excluding carboxylic acids is 2. The largest absolute Gasteiger partial charge is 0.483 e. The Bertz CT molecular complexity index is 908. The second-order valence-electron chi connectivity index (χ2n) is 6.72. The summed E-state index contributed by atoms with van der Waals surface area (Å²) >= 11 is 15.6. The molecule has 1 atom stereocenters. The summed E-state index contributed by atoms with van der Waals surface area (Å²) in [6.45, 7) is 3.94. The Kier molecular flexibility index (Phi) is 9.46. The number of rotatable bonds is 9. The zero-order chi connectivity index (χ0) is 22.3. The van der Waals surface area contributed by atoms with Crippen molar-refractivity contribution in [2.75, 3.05) is 13.7 Å². The minimum Gasteiger partial charge on any atom is -0.483 e. The van der Waals surface area contributed by atoms with Crippen molar-refractivity contribution in [3.63, 3.8) is 0 Å². The highest BCUT2D eigenvalue weighted by molar-refractivity contribution is 9.10. The first-order valence-corrected chi connectivity index (χ1v) is 11.2. The number of benzene rings is 2. The predicted molar refractivity (Wildman–Crippen MR) is 124 cm³/mol. The Labute approximate surface area is 195 Å². The van der Waals surface area contributed by atoms with Gasteiger partial charge in [-0.3, -0.25) is 9.59 Å². The number of likely N-dealkylation sites (N-methyl/N-ethyl adjacent to an activating group) is 1. The molecule has 8 heteroatoms. The average Bonchev–Trinajstić information content (AvgIpc) is 2.74. The lowest BCUT2D eigenvalue weighted by atomic mass is 10.1. The van der Waals surface area contributed by atoms with E-state index in [1.54, 1.807) is 25.2 Å². The summed E-state index contributed by atoms with van der Waals surface area (Å²) in [6.07, 6.45) is 1.36. The predicted octanol–water partition coefficient (Wildman–Crippen LogP) is 5.25. The molecule has 0 aromatic heterocycles. The molecule has 0 unspecified atom stereocenters. The molecule has 0 aliphatic carbocycles. The molecule has 1 N–H and O–H groups in total. The number of hydrogen-bond acceptors (Lipinski definition) is 3. The zero-order valence-corrected chi connectivity index (χ0v) is 20.3. The fourth-order valence-electron chi connectivity index (χ4n) is 3.02. The highest BCUT2D eigenvalue weighted by Crippen LogP contribution is 2.27. The van der Waals surface area contributed by atoms with Crippen molar-refractivity contribution in [1.82, 2.24) is 10.2 Å². The van der Waals surface area contributed by atoms with Gasteiger partial charge in [0.2, 0.25) is 5.91 Å². The van der Waals surface area contributed by atoms with Gasteiger partial charge in [-0.05, 0) is 64.2 Å². The van der Waals surface area contributed by atoms with Crippen LogP contribution >= 0.6 is 39.1 Å². The number of hydrogen-bond donors (Lipinski definition) is 1. The third-order valence-electron chi connectivity index (χ3n) is 4.72. The van der Waals surface area contributed by atoms with E-state index < -0.39 is 6.04 Å². The van der Waals surface area contributed by atoms with Crippen LogP contribution in [0.15, 0.2) is 40.9 Å². The molecule has 2 amide bonds. The second-order valence-corrected chi connectivity index (χ2v) is 8.38. The van der Waals surface area contributed by atoms with Crippen molar-refractivity contribution in [3.8, 4) is 5.75 Å². The molecule has 162 valence electrons. The number of ether oxygens (including phenoxy) is 1. The minimum absolute atomic E-state index is 0.196. The molecule has 2 aromatic carbocycles. The number of halogens is 3. The summed E-state index contributed by atoms with van der Waals surface area (Å²) in [4.78, 5) is 27.0. The van der Waals surface area contributed by atoms with Crippen LogP contribution in [0, 0.1) is 0 Å².